The van der Waals surface area contributed by atoms with Crippen LogP contribution < -0.4 is 0 Å². The van der Waals surface area contributed by atoms with Gasteiger partial charge in [0.05, 0.1) is 11.3 Å². The van der Waals surface area contributed by atoms with Crippen molar-refractivity contribution < 1.29 is 9.59 Å². The summed E-state index contributed by atoms with van der Waals surface area (Å²) in [5.74, 6) is 0.00407. The highest BCUT2D eigenvalue weighted by atomic mass is 16.1. The molecule has 0 fully saturated rings. The Kier molecular flexibility index (Phi) is 4.46. The Morgan fingerprint density at radius 1 is 0.957 bits per heavy atom. The summed E-state index contributed by atoms with van der Waals surface area (Å²) in [4.78, 5) is 28.7. The minimum Gasteiger partial charge on any atom is -0.351 e. The van der Waals surface area contributed by atoms with Crippen LogP contribution in [0.2, 0.25) is 0 Å². The predicted molar refractivity (Wildman–Crippen MR) is 93.0 cm³/mol. The van der Waals surface area contributed by atoms with Crippen LogP contribution >= 0.6 is 0 Å². The first-order valence-corrected chi connectivity index (χ1v) is 8.55. The van der Waals surface area contributed by atoms with Crippen LogP contribution in [0.3, 0.4) is 0 Å². The van der Waals surface area contributed by atoms with Crippen molar-refractivity contribution in [3.63, 3.8) is 0 Å². The number of Topliss-reactive ketones (excluding diaryl/α,β-unsaturated/α-hetero) is 2. The molecule has 0 saturated carbocycles. The number of nitrogens with one attached hydrogen (secondary N) is 1. The summed E-state index contributed by atoms with van der Waals surface area (Å²) in [5, 5.41) is 0.858. The molecular formula is C20H23NO2. The van der Waals surface area contributed by atoms with Gasteiger partial charge in [-0.05, 0) is 25.8 Å². The standard InChI is InChI=1S/C20H23NO2/c1-3-4-5-6-7-10-14-13(2)19(22)18-17(20(14)23)15-11-8-9-12-16(15)21-18/h8-9,11-12,21H,3-7,10H2,1-2H3. The van der Waals surface area contributed by atoms with E-state index in [2.05, 4.69) is 11.9 Å². The molecule has 1 N–H and O–H groups in total. The minimum absolute atomic E-state index is 0.0284. The molecule has 1 aliphatic carbocycles. The summed E-state index contributed by atoms with van der Waals surface area (Å²) in [5.41, 5.74) is 3.22. The fourth-order valence-corrected chi connectivity index (χ4v) is 3.40. The highest BCUT2D eigenvalue weighted by molar-refractivity contribution is 6.30. The van der Waals surface area contributed by atoms with Gasteiger partial charge in [0.1, 0.15) is 0 Å². The zero-order valence-corrected chi connectivity index (χ0v) is 13.9. The van der Waals surface area contributed by atoms with Gasteiger partial charge in [0, 0.05) is 22.0 Å². The number of benzene rings is 1. The molecular weight excluding hydrogens is 286 g/mol. The molecule has 1 aliphatic rings. The van der Waals surface area contributed by atoms with Crippen molar-refractivity contribution in [2.24, 2.45) is 0 Å². The molecule has 3 nitrogen and oxygen atoms in total. The van der Waals surface area contributed by atoms with Gasteiger partial charge in [-0.3, -0.25) is 9.59 Å². The van der Waals surface area contributed by atoms with E-state index in [-0.39, 0.29) is 11.6 Å². The van der Waals surface area contributed by atoms with Crippen LogP contribution in [0.4, 0.5) is 0 Å². The van der Waals surface area contributed by atoms with Gasteiger partial charge in [0.2, 0.25) is 5.78 Å². The van der Waals surface area contributed by atoms with E-state index < -0.39 is 0 Å². The minimum atomic E-state index is -0.0284. The summed E-state index contributed by atoms with van der Waals surface area (Å²) in [6.45, 7) is 3.98. The summed E-state index contributed by atoms with van der Waals surface area (Å²) >= 11 is 0. The van der Waals surface area contributed by atoms with E-state index in [1.54, 1.807) is 6.92 Å². The largest absolute Gasteiger partial charge is 0.351 e. The first-order valence-electron chi connectivity index (χ1n) is 8.55. The maximum absolute atomic E-state index is 12.9. The van der Waals surface area contributed by atoms with Gasteiger partial charge < -0.3 is 4.98 Å². The molecule has 23 heavy (non-hydrogen) atoms. The van der Waals surface area contributed by atoms with Crippen LogP contribution in [0, 0.1) is 0 Å². The third-order valence-electron chi connectivity index (χ3n) is 4.76. The number of rotatable bonds is 6. The number of H-pyrrole nitrogens is 1. The van der Waals surface area contributed by atoms with E-state index in [4.69, 9.17) is 0 Å². The van der Waals surface area contributed by atoms with Crippen molar-refractivity contribution in [2.45, 2.75) is 52.4 Å². The Labute approximate surface area is 136 Å². The maximum Gasteiger partial charge on any atom is 0.206 e. The predicted octanol–water partition coefficient (Wildman–Crippen LogP) is 5.22. The molecule has 0 unspecified atom stereocenters. The second kappa shape index (κ2) is 6.53. The Bertz CT molecular complexity index is 795. The zero-order chi connectivity index (χ0) is 16.4. The normalized spacial score (nSPS) is 14.7. The topological polar surface area (TPSA) is 49.9 Å². The lowest BCUT2D eigenvalue weighted by Gasteiger charge is -2.16. The van der Waals surface area contributed by atoms with Gasteiger partial charge in [-0.15, -0.1) is 0 Å². The molecule has 0 amide bonds. The molecule has 3 heteroatoms. The van der Waals surface area contributed by atoms with Crippen LogP contribution in [-0.4, -0.2) is 16.6 Å². The Morgan fingerprint density at radius 2 is 1.70 bits per heavy atom. The maximum atomic E-state index is 12.9. The van der Waals surface area contributed by atoms with Crippen LogP contribution in [0.15, 0.2) is 35.4 Å². The summed E-state index contributed by atoms with van der Waals surface area (Å²) < 4.78 is 0. The van der Waals surface area contributed by atoms with Crippen molar-refractivity contribution in [3.05, 3.63) is 46.7 Å². The average Bonchev–Trinajstić information content (AvgIpc) is 2.95. The van der Waals surface area contributed by atoms with Crippen LogP contribution in [-0.2, 0) is 0 Å². The summed E-state index contributed by atoms with van der Waals surface area (Å²) in [6.07, 6.45) is 6.44. The molecule has 0 aliphatic heterocycles. The van der Waals surface area contributed by atoms with Crippen molar-refractivity contribution in [2.75, 3.05) is 0 Å². The molecule has 0 spiro atoms. The molecule has 120 valence electrons. The second-order valence-electron chi connectivity index (χ2n) is 6.35. The van der Waals surface area contributed by atoms with Gasteiger partial charge in [-0.1, -0.05) is 50.8 Å². The molecule has 2 aromatic rings. The lowest BCUT2D eigenvalue weighted by atomic mass is 9.85. The highest BCUT2D eigenvalue weighted by Crippen LogP contribution is 2.33. The quantitative estimate of drug-likeness (QED) is 0.743. The number of aromatic amines is 1. The Hall–Kier alpha value is -2.16. The zero-order valence-electron chi connectivity index (χ0n) is 13.9. The lowest BCUT2D eigenvalue weighted by Crippen LogP contribution is -2.20. The molecule has 1 heterocycles. The number of hydrogen-bond donors (Lipinski definition) is 1. The first kappa shape index (κ1) is 15.7. The van der Waals surface area contributed by atoms with E-state index in [1.807, 2.05) is 24.3 Å². The molecule has 3 rings (SSSR count). The monoisotopic (exact) mass is 309 g/mol. The molecule has 1 aromatic carbocycles. The fraction of sp³-hybridized carbons (Fsp3) is 0.400. The fourth-order valence-electron chi connectivity index (χ4n) is 3.40. The van der Waals surface area contributed by atoms with Crippen LogP contribution in [0.1, 0.15) is 73.2 Å². The number of fused-ring (bicyclic) bond motifs is 3. The third kappa shape index (κ3) is 2.76. The van der Waals surface area contributed by atoms with Crippen LogP contribution in [0.25, 0.3) is 10.9 Å². The number of aromatic nitrogens is 1. The van der Waals surface area contributed by atoms with E-state index in [1.165, 1.54) is 19.3 Å². The van der Waals surface area contributed by atoms with Crippen molar-refractivity contribution >= 4 is 22.5 Å². The summed E-state index contributed by atoms with van der Waals surface area (Å²) in [6, 6.07) is 7.64. The SMILES string of the molecule is CCCCCCCC1=C(C)C(=O)c2[nH]c3ccccc3c2C1=O. The number of allylic oxidation sites excluding steroid dienone is 2. The first-order chi connectivity index (χ1) is 11.1. The van der Waals surface area contributed by atoms with E-state index >= 15 is 0 Å². The number of hydrogen-bond acceptors (Lipinski definition) is 2. The van der Waals surface area contributed by atoms with Gasteiger partial charge in [0.25, 0.3) is 0 Å². The molecule has 1 aromatic heterocycles. The van der Waals surface area contributed by atoms with Gasteiger partial charge in [-0.25, -0.2) is 0 Å². The molecule has 0 bridgehead atoms. The van der Waals surface area contributed by atoms with E-state index in [0.717, 1.165) is 23.7 Å². The van der Waals surface area contributed by atoms with Crippen molar-refractivity contribution in [3.8, 4) is 0 Å². The highest BCUT2D eigenvalue weighted by Gasteiger charge is 2.32. The van der Waals surface area contributed by atoms with Crippen molar-refractivity contribution in [1.29, 1.82) is 0 Å². The number of unbranched alkanes of at least 4 members (excludes halogenated alkanes) is 4. The number of para-hydroxylation sites is 1. The smallest absolute Gasteiger partial charge is 0.206 e. The van der Waals surface area contributed by atoms with Gasteiger partial charge in [0.15, 0.2) is 5.78 Å². The van der Waals surface area contributed by atoms with Crippen molar-refractivity contribution in [1.82, 2.24) is 4.98 Å². The molecule has 0 radical (unpaired) electrons. The number of carbonyl (C=O) groups is 2. The second-order valence-corrected chi connectivity index (χ2v) is 6.35. The summed E-state index contributed by atoms with van der Waals surface area (Å²) in [7, 11) is 0. The van der Waals surface area contributed by atoms with Gasteiger partial charge in [-0.2, -0.15) is 0 Å². The van der Waals surface area contributed by atoms with E-state index in [0.29, 0.717) is 28.8 Å². The number of ketones is 2. The molecule has 0 atom stereocenters. The van der Waals surface area contributed by atoms with Crippen LogP contribution in [0.5, 0.6) is 0 Å². The Balaban J connectivity index is 1.89. The lowest BCUT2D eigenvalue weighted by molar-refractivity contribution is 0.0970. The number of carbonyl (C=O) groups excluding carboxylic acids is 2. The third-order valence-corrected chi connectivity index (χ3v) is 4.76. The average molecular weight is 309 g/mol. The molecule has 0 saturated heterocycles. The van der Waals surface area contributed by atoms with Gasteiger partial charge >= 0.3 is 0 Å². The van der Waals surface area contributed by atoms with E-state index in [9.17, 15) is 9.59 Å². The Morgan fingerprint density at radius 3 is 2.48 bits per heavy atom.